The second kappa shape index (κ2) is 6.49. The van der Waals surface area contributed by atoms with E-state index >= 15 is 0 Å². The predicted octanol–water partition coefficient (Wildman–Crippen LogP) is 2.48. The topological polar surface area (TPSA) is 29.3 Å². The predicted molar refractivity (Wildman–Crippen MR) is 66.9 cm³/mol. The summed E-state index contributed by atoms with van der Waals surface area (Å²) >= 11 is 0. The number of nitrogens with zero attached hydrogens (tertiary/aromatic N) is 1. The highest BCUT2D eigenvalue weighted by atomic mass is 15.2. The number of nitrogens with two attached hydrogens (primary N) is 1. The maximum atomic E-state index is 5.78. The molecule has 1 atom stereocenters. The minimum atomic E-state index is 0.706. The molecule has 1 rings (SSSR count). The van der Waals surface area contributed by atoms with Crippen LogP contribution in [0.25, 0.3) is 0 Å². The SMILES string of the molecule is CCC(CN)CN(CCC(C)C)C1CC1. The van der Waals surface area contributed by atoms with Crippen LogP contribution in [0.15, 0.2) is 0 Å². The van der Waals surface area contributed by atoms with Crippen molar-refractivity contribution in [2.75, 3.05) is 19.6 Å². The summed E-state index contributed by atoms with van der Waals surface area (Å²) in [4.78, 5) is 2.68. The Morgan fingerprint density at radius 2 is 2.00 bits per heavy atom. The van der Waals surface area contributed by atoms with E-state index in [9.17, 15) is 0 Å². The van der Waals surface area contributed by atoms with E-state index < -0.39 is 0 Å². The monoisotopic (exact) mass is 212 g/mol. The zero-order valence-electron chi connectivity index (χ0n) is 10.7. The van der Waals surface area contributed by atoms with Crippen LogP contribution in [0.1, 0.15) is 46.5 Å². The average Bonchev–Trinajstić information content (AvgIpc) is 3.02. The van der Waals surface area contributed by atoms with Gasteiger partial charge in [0, 0.05) is 12.6 Å². The maximum absolute atomic E-state index is 5.78. The van der Waals surface area contributed by atoms with E-state index in [1.807, 2.05) is 0 Å². The fourth-order valence-corrected chi connectivity index (χ4v) is 1.99. The largest absolute Gasteiger partial charge is 0.330 e. The van der Waals surface area contributed by atoms with Gasteiger partial charge in [-0.25, -0.2) is 0 Å². The minimum absolute atomic E-state index is 0.706. The van der Waals surface area contributed by atoms with Crippen molar-refractivity contribution in [3.05, 3.63) is 0 Å². The van der Waals surface area contributed by atoms with Crippen LogP contribution in [0.2, 0.25) is 0 Å². The van der Waals surface area contributed by atoms with E-state index in [1.165, 1.54) is 38.8 Å². The Morgan fingerprint density at radius 1 is 1.33 bits per heavy atom. The highest BCUT2D eigenvalue weighted by molar-refractivity contribution is 4.85. The molecule has 1 unspecified atom stereocenters. The number of hydrogen-bond donors (Lipinski definition) is 1. The summed E-state index contributed by atoms with van der Waals surface area (Å²) in [6.45, 7) is 10.2. The Labute approximate surface area is 95.2 Å². The summed E-state index contributed by atoms with van der Waals surface area (Å²) in [5.74, 6) is 1.53. The fraction of sp³-hybridized carbons (Fsp3) is 1.00. The second-order valence-corrected chi connectivity index (χ2v) is 5.42. The van der Waals surface area contributed by atoms with Gasteiger partial charge in [0.15, 0.2) is 0 Å². The maximum Gasteiger partial charge on any atom is 0.00965 e. The molecule has 2 heteroatoms. The van der Waals surface area contributed by atoms with Gasteiger partial charge in [0.2, 0.25) is 0 Å². The van der Waals surface area contributed by atoms with Crippen LogP contribution in [0.4, 0.5) is 0 Å². The van der Waals surface area contributed by atoms with Crippen LogP contribution in [0, 0.1) is 11.8 Å². The van der Waals surface area contributed by atoms with Crippen molar-refractivity contribution in [2.24, 2.45) is 17.6 Å². The van der Waals surface area contributed by atoms with E-state index in [1.54, 1.807) is 0 Å². The molecule has 0 bridgehead atoms. The molecule has 0 aromatic heterocycles. The van der Waals surface area contributed by atoms with Gasteiger partial charge in [-0.2, -0.15) is 0 Å². The fourth-order valence-electron chi connectivity index (χ4n) is 1.99. The highest BCUT2D eigenvalue weighted by Gasteiger charge is 2.29. The van der Waals surface area contributed by atoms with Crippen molar-refractivity contribution in [3.63, 3.8) is 0 Å². The highest BCUT2D eigenvalue weighted by Crippen LogP contribution is 2.28. The first-order chi connectivity index (χ1) is 7.17. The molecule has 0 aromatic carbocycles. The molecule has 0 aliphatic heterocycles. The quantitative estimate of drug-likeness (QED) is 0.670. The summed E-state index contributed by atoms with van der Waals surface area (Å²) < 4.78 is 0. The molecule has 0 heterocycles. The Bertz CT molecular complexity index is 160. The molecule has 0 aromatic rings. The van der Waals surface area contributed by atoms with Gasteiger partial charge in [-0.3, -0.25) is 0 Å². The lowest BCUT2D eigenvalue weighted by atomic mass is 10.1. The van der Waals surface area contributed by atoms with Gasteiger partial charge in [-0.05, 0) is 44.2 Å². The van der Waals surface area contributed by atoms with Gasteiger partial charge >= 0.3 is 0 Å². The molecular weight excluding hydrogens is 184 g/mol. The van der Waals surface area contributed by atoms with E-state index in [4.69, 9.17) is 5.73 Å². The van der Waals surface area contributed by atoms with Crippen molar-refractivity contribution in [1.29, 1.82) is 0 Å². The van der Waals surface area contributed by atoms with E-state index in [-0.39, 0.29) is 0 Å². The molecule has 0 spiro atoms. The molecular formula is C13H28N2. The first-order valence-electron chi connectivity index (χ1n) is 6.61. The Hall–Kier alpha value is -0.0800. The molecule has 1 aliphatic rings. The first-order valence-corrected chi connectivity index (χ1v) is 6.61. The Morgan fingerprint density at radius 3 is 2.40 bits per heavy atom. The van der Waals surface area contributed by atoms with Crippen molar-refractivity contribution < 1.29 is 0 Å². The van der Waals surface area contributed by atoms with Crippen LogP contribution in [0.3, 0.4) is 0 Å². The average molecular weight is 212 g/mol. The zero-order chi connectivity index (χ0) is 11.3. The van der Waals surface area contributed by atoms with Crippen LogP contribution < -0.4 is 5.73 Å². The third kappa shape index (κ3) is 4.98. The first kappa shape index (κ1) is 13.0. The van der Waals surface area contributed by atoms with Gasteiger partial charge in [0.1, 0.15) is 0 Å². The third-order valence-corrected chi connectivity index (χ3v) is 3.46. The summed E-state index contributed by atoms with van der Waals surface area (Å²) in [7, 11) is 0. The Balaban J connectivity index is 2.29. The van der Waals surface area contributed by atoms with Gasteiger partial charge in [-0.1, -0.05) is 27.2 Å². The van der Waals surface area contributed by atoms with Gasteiger partial charge in [-0.15, -0.1) is 0 Å². The molecule has 0 radical (unpaired) electrons. The second-order valence-electron chi connectivity index (χ2n) is 5.42. The lowest BCUT2D eigenvalue weighted by molar-refractivity contribution is 0.209. The van der Waals surface area contributed by atoms with E-state index in [0.29, 0.717) is 5.92 Å². The summed E-state index contributed by atoms with van der Waals surface area (Å²) in [6, 6.07) is 0.893. The molecule has 15 heavy (non-hydrogen) atoms. The number of rotatable bonds is 8. The van der Waals surface area contributed by atoms with Crippen LogP contribution in [0.5, 0.6) is 0 Å². The number of hydrogen-bond acceptors (Lipinski definition) is 2. The zero-order valence-corrected chi connectivity index (χ0v) is 10.7. The summed E-state index contributed by atoms with van der Waals surface area (Å²) in [5, 5.41) is 0. The van der Waals surface area contributed by atoms with Crippen molar-refractivity contribution >= 4 is 0 Å². The van der Waals surface area contributed by atoms with Crippen molar-refractivity contribution in [1.82, 2.24) is 4.90 Å². The van der Waals surface area contributed by atoms with Crippen LogP contribution in [-0.4, -0.2) is 30.6 Å². The normalized spacial score (nSPS) is 18.8. The van der Waals surface area contributed by atoms with Gasteiger partial charge in [0.25, 0.3) is 0 Å². The van der Waals surface area contributed by atoms with Gasteiger partial charge in [0.05, 0.1) is 0 Å². The van der Waals surface area contributed by atoms with Crippen LogP contribution >= 0.6 is 0 Å². The van der Waals surface area contributed by atoms with E-state index in [0.717, 1.165) is 18.5 Å². The molecule has 0 saturated heterocycles. The molecule has 1 fully saturated rings. The lowest BCUT2D eigenvalue weighted by Crippen LogP contribution is -2.35. The van der Waals surface area contributed by atoms with Gasteiger partial charge < -0.3 is 10.6 Å². The Kier molecular flexibility index (Phi) is 5.62. The molecule has 2 nitrogen and oxygen atoms in total. The van der Waals surface area contributed by atoms with Crippen LogP contribution in [-0.2, 0) is 0 Å². The molecule has 1 saturated carbocycles. The molecule has 0 amide bonds. The standard InChI is InChI=1S/C13H28N2/c1-4-12(9-14)10-15(13-5-6-13)8-7-11(2)3/h11-13H,4-10,14H2,1-3H3. The molecule has 90 valence electrons. The van der Waals surface area contributed by atoms with Crippen molar-refractivity contribution in [2.45, 2.75) is 52.5 Å². The summed E-state index contributed by atoms with van der Waals surface area (Å²) in [5.41, 5.74) is 5.78. The lowest BCUT2D eigenvalue weighted by Gasteiger charge is -2.27. The third-order valence-electron chi connectivity index (χ3n) is 3.46. The minimum Gasteiger partial charge on any atom is -0.330 e. The molecule has 1 aliphatic carbocycles. The molecule has 2 N–H and O–H groups in total. The smallest absolute Gasteiger partial charge is 0.00965 e. The van der Waals surface area contributed by atoms with E-state index in [2.05, 4.69) is 25.7 Å². The summed E-state index contributed by atoms with van der Waals surface area (Å²) in [6.07, 6.45) is 5.39. The van der Waals surface area contributed by atoms with Crippen molar-refractivity contribution in [3.8, 4) is 0 Å².